The van der Waals surface area contributed by atoms with E-state index in [1.807, 2.05) is 26.0 Å². The Labute approximate surface area is 183 Å². The number of amides is 1. The van der Waals surface area contributed by atoms with Crippen LogP contribution in [0.1, 0.15) is 35.8 Å². The lowest BCUT2D eigenvalue weighted by atomic mass is 10.1. The zero-order valence-corrected chi connectivity index (χ0v) is 19.0. The van der Waals surface area contributed by atoms with Gasteiger partial charge in [0.25, 0.3) is 5.56 Å². The van der Waals surface area contributed by atoms with E-state index in [4.69, 9.17) is 10.2 Å². The van der Waals surface area contributed by atoms with Crippen LogP contribution in [0.3, 0.4) is 0 Å². The summed E-state index contributed by atoms with van der Waals surface area (Å²) in [6, 6.07) is 9.32. The van der Waals surface area contributed by atoms with Crippen LogP contribution >= 0.6 is 23.1 Å². The van der Waals surface area contributed by atoms with E-state index in [1.54, 1.807) is 16.7 Å². The van der Waals surface area contributed by atoms with Crippen LogP contribution in [0.15, 0.2) is 34.2 Å². The van der Waals surface area contributed by atoms with Crippen LogP contribution in [0.5, 0.6) is 0 Å². The maximum atomic E-state index is 13.1. The Balaban J connectivity index is 1.78. The highest BCUT2D eigenvalue weighted by molar-refractivity contribution is 7.99. The first-order chi connectivity index (χ1) is 14.4. The molecule has 0 atom stereocenters. The first-order valence-corrected chi connectivity index (χ1v) is 11.6. The number of nitrogens with one attached hydrogen (secondary N) is 1. The van der Waals surface area contributed by atoms with Crippen molar-refractivity contribution in [3.05, 3.63) is 50.6 Å². The molecule has 0 fully saturated rings. The van der Waals surface area contributed by atoms with E-state index < -0.39 is 0 Å². The molecule has 2 aromatic heterocycles. The summed E-state index contributed by atoms with van der Waals surface area (Å²) in [5.74, 6) is -0.00385. The summed E-state index contributed by atoms with van der Waals surface area (Å²) in [5, 5.41) is 12.9. The molecule has 0 radical (unpaired) electrons. The van der Waals surface area contributed by atoms with Crippen LogP contribution in [-0.4, -0.2) is 21.2 Å². The molecule has 1 N–H and O–H groups in total. The second-order valence-electron chi connectivity index (χ2n) is 7.04. The number of nitriles is 1. The number of aromatic nitrogens is 2. The van der Waals surface area contributed by atoms with Gasteiger partial charge in [-0.3, -0.25) is 14.2 Å². The number of nitrogens with zero attached hydrogens (tertiary/aromatic N) is 3. The summed E-state index contributed by atoms with van der Waals surface area (Å²) >= 11 is 2.80. The van der Waals surface area contributed by atoms with Gasteiger partial charge >= 0.3 is 0 Å². The molecule has 0 saturated heterocycles. The number of fused-ring (bicyclic) bond motifs is 1. The van der Waals surface area contributed by atoms with E-state index in [1.165, 1.54) is 23.1 Å². The molecule has 8 heteroatoms. The lowest BCUT2D eigenvalue weighted by Gasteiger charge is -2.12. The molecule has 0 aliphatic rings. The quantitative estimate of drug-likeness (QED) is 0.406. The van der Waals surface area contributed by atoms with Gasteiger partial charge in [-0.25, -0.2) is 4.98 Å². The van der Waals surface area contributed by atoms with Crippen molar-refractivity contribution in [3.63, 3.8) is 0 Å². The number of anilines is 1. The zero-order valence-electron chi connectivity index (χ0n) is 17.3. The molecule has 1 aromatic carbocycles. The number of rotatable bonds is 8. The van der Waals surface area contributed by atoms with Crippen LogP contribution in [-0.2, 0) is 17.8 Å². The van der Waals surface area contributed by atoms with Crippen molar-refractivity contribution in [2.45, 2.75) is 51.7 Å². The number of hydrogen-bond donors (Lipinski definition) is 1. The van der Waals surface area contributed by atoms with Gasteiger partial charge in [-0.1, -0.05) is 37.2 Å². The van der Waals surface area contributed by atoms with Crippen molar-refractivity contribution < 1.29 is 4.79 Å². The van der Waals surface area contributed by atoms with Gasteiger partial charge in [-0.15, -0.1) is 11.3 Å². The average Bonchev–Trinajstić information content (AvgIpc) is 3.01. The van der Waals surface area contributed by atoms with Gasteiger partial charge in [0.15, 0.2) is 5.16 Å². The molecule has 30 heavy (non-hydrogen) atoms. The van der Waals surface area contributed by atoms with Crippen LogP contribution in [0.25, 0.3) is 10.2 Å². The number of carbonyl (C=O) groups excluding carboxylic acids is 1. The van der Waals surface area contributed by atoms with Gasteiger partial charge in [-0.2, -0.15) is 5.26 Å². The Bertz CT molecular complexity index is 1160. The largest absolute Gasteiger partial charge is 0.325 e. The van der Waals surface area contributed by atoms with Crippen LogP contribution in [0.2, 0.25) is 0 Å². The van der Waals surface area contributed by atoms with Crippen LogP contribution < -0.4 is 10.9 Å². The number of benzene rings is 1. The van der Waals surface area contributed by atoms with E-state index in [2.05, 4.69) is 18.3 Å². The molecular weight excluding hydrogens is 416 g/mol. The standard InChI is InChI=1S/C22H24N4O2S2/c1-4-5-12-26-21(28)19-14(2)15(3)30-20(19)25-22(26)29-13-18(27)24-17-8-6-16(7-9-17)10-11-23/h6-9H,4-5,10,12-13H2,1-3H3,(H,24,27). The highest BCUT2D eigenvalue weighted by atomic mass is 32.2. The minimum atomic E-state index is -0.164. The summed E-state index contributed by atoms with van der Waals surface area (Å²) in [6.07, 6.45) is 2.19. The molecule has 0 spiro atoms. The maximum absolute atomic E-state index is 13.1. The molecule has 2 heterocycles. The number of aryl methyl sites for hydroxylation is 2. The third-order valence-electron chi connectivity index (χ3n) is 4.84. The van der Waals surface area contributed by atoms with Gasteiger partial charge < -0.3 is 5.32 Å². The van der Waals surface area contributed by atoms with Gasteiger partial charge in [0.1, 0.15) is 4.83 Å². The fourth-order valence-electron chi connectivity index (χ4n) is 3.06. The van der Waals surface area contributed by atoms with Crippen molar-refractivity contribution in [2.24, 2.45) is 0 Å². The van der Waals surface area contributed by atoms with Gasteiger partial charge in [0, 0.05) is 17.1 Å². The predicted molar refractivity (Wildman–Crippen MR) is 123 cm³/mol. The van der Waals surface area contributed by atoms with E-state index in [0.717, 1.165) is 33.7 Å². The van der Waals surface area contributed by atoms with Gasteiger partial charge in [0.2, 0.25) is 5.91 Å². The van der Waals surface area contributed by atoms with Gasteiger partial charge in [-0.05, 0) is 43.5 Å². The molecule has 0 saturated carbocycles. The number of unbranched alkanes of at least 4 members (excludes halogenated alkanes) is 1. The van der Waals surface area contributed by atoms with Crippen molar-refractivity contribution >= 4 is 44.9 Å². The molecule has 3 aromatic rings. The molecular formula is C22H24N4O2S2. The normalized spacial score (nSPS) is 10.9. The summed E-state index contributed by atoms with van der Waals surface area (Å²) in [7, 11) is 0. The fraction of sp³-hybridized carbons (Fsp3) is 0.364. The first kappa shape index (κ1) is 22.1. The highest BCUT2D eigenvalue weighted by Crippen LogP contribution is 2.28. The molecule has 0 aliphatic heterocycles. The summed E-state index contributed by atoms with van der Waals surface area (Å²) in [6.45, 7) is 6.64. The van der Waals surface area contributed by atoms with E-state index in [-0.39, 0.29) is 17.2 Å². The average molecular weight is 441 g/mol. The first-order valence-electron chi connectivity index (χ1n) is 9.83. The number of carbonyl (C=O) groups is 1. The minimum Gasteiger partial charge on any atom is -0.325 e. The van der Waals surface area contributed by atoms with Crippen molar-refractivity contribution in [1.82, 2.24) is 9.55 Å². The van der Waals surface area contributed by atoms with Crippen LogP contribution in [0, 0.1) is 25.2 Å². The lowest BCUT2D eigenvalue weighted by molar-refractivity contribution is -0.113. The fourth-order valence-corrected chi connectivity index (χ4v) is 4.95. The lowest BCUT2D eigenvalue weighted by Crippen LogP contribution is -2.24. The number of thiophene rings is 1. The van der Waals surface area contributed by atoms with E-state index in [0.29, 0.717) is 29.2 Å². The number of thioether (sulfide) groups is 1. The van der Waals surface area contributed by atoms with Crippen molar-refractivity contribution in [1.29, 1.82) is 5.26 Å². The third kappa shape index (κ3) is 4.91. The molecule has 0 aliphatic carbocycles. The third-order valence-corrected chi connectivity index (χ3v) is 6.92. The van der Waals surface area contributed by atoms with E-state index in [9.17, 15) is 9.59 Å². The van der Waals surface area contributed by atoms with Gasteiger partial charge in [0.05, 0.1) is 23.6 Å². The highest BCUT2D eigenvalue weighted by Gasteiger charge is 2.17. The topological polar surface area (TPSA) is 87.8 Å². The smallest absolute Gasteiger partial charge is 0.263 e. The molecule has 156 valence electrons. The Morgan fingerprint density at radius 2 is 2.03 bits per heavy atom. The maximum Gasteiger partial charge on any atom is 0.263 e. The number of hydrogen-bond acceptors (Lipinski definition) is 6. The second kappa shape index (κ2) is 9.92. The van der Waals surface area contributed by atoms with Crippen molar-refractivity contribution in [3.8, 4) is 6.07 Å². The Kier molecular flexibility index (Phi) is 7.29. The summed E-state index contributed by atoms with van der Waals surface area (Å²) in [5.41, 5.74) is 2.56. The van der Waals surface area contributed by atoms with Crippen LogP contribution in [0.4, 0.5) is 5.69 Å². The monoisotopic (exact) mass is 440 g/mol. The summed E-state index contributed by atoms with van der Waals surface area (Å²) in [4.78, 5) is 32.1. The molecule has 0 unspecified atom stereocenters. The molecule has 6 nitrogen and oxygen atoms in total. The predicted octanol–water partition coefficient (Wildman–Crippen LogP) is 4.67. The minimum absolute atomic E-state index is 0.0220. The second-order valence-corrected chi connectivity index (χ2v) is 9.18. The Morgan fingerprint density at radius 1 is 1.30 bits per heavy atom. The Hall–Kier alpha value is -2.63. The Morgan fingerprint density at radius 3 is 2.70 bits per heavy atom. The SMILES string of the molecule is CCCCn1c(SCC(=O)Nc2ccc(CC#N)cc2)nc2sc(C)c(C)c2c1=O. The molecule has 1 amide bonds. The van der Waals surface area contributed by atoms with E-state index >= 15 is 0 Å². The zero-order chi connectivity index (χ0) is 21.7. The van der Waals surface area contributed by atoms with Crippen molar-refractivity contribution in [2.75, 3.05) is 11.1 Å². The summed E-state index contributed by atoms with van der Waals surface area (Å²) < 4.78 is 1.71. The molecule has 3 rings (SSSR count). The molecule has 0 bridgehead atoms.